The van der Waals surface area contributed by atoms with Crippen LogP contribution in [0, 0.1) is 0 Å². The number of hydrogen-bond acceptors (Lipinski definition) is 4. The van der Waals surface area contributed by atoms with Gasteiger partial charge in [-0.2, -0.15) is 0 Å². The molecule has 0 heterocycles. The molecule has 126 valence electrons. The average molecular weight is 364 g/mol. The maximum atomic E-state index is 12.6. The molecule has 2 aromatic carbocycles. The molecule has 0 saturated carbocycles. The molecule has 0 radical (unpaired) electrons. The molecule has 24 heavy (non-hydrogen) atoms. The number of anilines is 1. The summed E-state index contributed by atoms with van der Waals surface area (Å²) >= 11 is 7.74. The van der Waals surface area contributed by atoms with Crippen molar-refractivity contribution in [3.05, 3.63) is 58.6 Å². The molecular formula is C18H18ClNO3S. The summed E-state index contributed by atoms with van der Waals surface area (Å²) in [5, 5.41) is 3.47. The van der Waals surface area contributed by atoms with Crippen LogP contribution in [0.15, 0.2) is 47.4 Å². The normalized spacial score (nSPS) is 10.5. The summed E-state index contributed by atoms with van der Waals surface area (Å²) in [7, 11) is 1.30. The van der Waals surface area contributed by atoms with Crippen LogP contribution in [-0.4, -0.2) is 24.2 Å². The number of hydrogen-bond donors (Lipinski definition) is 1. The largest absolute Gasteiger partial charge is 0.465 e. The summed E-state index contributed by atoms with van der Waals surface area (Å²) in [6, 6.07) is 12.0. The Balaban J connectivity index is 2.29. The monoisotopic (exact) mass is 363 g/mol. The number of nitrogens with one attached hydrogen (secondary N) is 1. The van der Waals surface area contributed by atoms with Crippen molar-refractivity contribution >= 4 is 40.9 Å². The van der Waals surface area contributed by atoms with Gasteiger partial charge in [0.2, 0.25) is 0 Å². The lowest BCUT2D eigenvalue weighted by atomic mass is 10.1. The van der Waals surface area contributed by atoms with E-state index in [0.29, 0.717) is 27.1 Å². The van der Waals surface area contributed by atoms with Gasteiger partial charge in [0.15, 0.2) is 0 Å². The van der Waals surface area contributed by atoms with Crippen molar-refractivity contribution in [2.45, 2.75) is 24.0 Å². The Kier molecular flexibility index (Phi) is 6.29. The molecule has 0 aliphatic rings. The van der Waals surface area contributed by atoms with Gasteiger partial charge in [0, 0.05) is 10.1 Å². The quantitative estimate of drug-likeness (QED) is 0.607. The number of carbonyl (C=O) groups is 2. The first-order chi connectivity index (χ1) is 11.4. The number of methoxy groups -OCH3 is 1. The Hall–Kier alpha value is -1.98. The molecule has 0 aromatic heterocycles. The molecule has 0 fully saturated rings. The Labute approximate surface area is 150 Å². The zero-order chi connectivity index (χ0) is 17.7. The third-order valence-electron chi connectivity index (χ3n) is 3.13. The van der Waals surface area contributed by atoms with Crippen LogP contribution in [0.1, 0.15) is 34.6 Å². The predicted octanol–water partition coefficient (Wildman–Crippen LogP) is 4.88. The van der Waals surface area contributed by atoms with Gasteiger partial charge >= 0.3 is 5.97 Å². The molecule has 2 rings (SSSR count). The van der Waals surface area contributed by atoms with Crippen molar-refractivity contribution in [1.29, 1.82) is 0 Å². The van der Waals surface area contributed by atoms with Gasteiger partial charge in [-0.3, -0.25) is 4.79 Å². The minimum absolute atomic E-state index is 0.275. The third kappa shape index (κ3) is 4.52. The molecule has 0 aliphatic carbocycles. The molecule has 0 spiro atoms. The van der Waals surface area contributed by atoms with E-state index < -0.39 is 5.97 Å². The van der Waals surface area contributed by atoms with E-state index in [9.17, 15) is 9.59 Å². The van der Waals surface area contributed by atoms with E-state index in [4.69, 9.17) is 11.6 Å². The zero-order valence-electron chi connectivity index (χ0n) is 13.6. The van der Waals surface area contributed by atoms with Crippen molar-refractivity contribution in [3.63, 3.8) is 0 Å². The molecule has 0 unspecified atom stereocenters. The van der Waals surface area contributed by atoms with E-state index in [1.165, 1.54) is 13.2 Å². The van der Waals surface area contributed by atoms with E-state index in [1.807, 2.05) is 18.2 Å². The Morgan fingerprint density at radius 2 is 1.88 bits per heavy atom. The Morgan fingerprint density at radius 1 is 1.17 bits per heavy atom. The van der Waals surface area contributed by atoms with E-state index in [1.54, 1.807) is 30.0 Å². The van der Waals surface area contributed by atoms with Gasteiger partial charge in [0.1, 0.15) is 0 Å². The van der Waals surface area contributed by atoms with Gasteiger partial charge < -0.3 is 10.1 Å². The molecule has 2 aromatic rings. The van der Waals surface area contributed by atoms with Gasteiger partial charge in [-0.25, -0.2) is 4.79 Å². The molecule has 1 N–H and O–H groups in total. The zero-order valence-corrected chi connectivity index (χ0v) is 15.2. The molecule has 1 amide bonds. The number of amides is 1. The fourth-order valence-corrected chi connectivity index (χ4v) is 3.18. The molecule has 0 bridgehead atoms. The van der Waals surface area contributed by atoms with Gasteiger partial charge in [-0.1, -0.05) is 37.6 Å². The van der Waals surface area contributed by atoms with Crippen molar-refractivity contribution in [3.8, 4) is 0 Å². The minimum Gasteiger partial charge on any atom is -0.465 e. The number of thioether (sulfide) groups is 1. The first kappa shape index (κ1) is 18.4. The first-order valence-electron chi connectivity index (χ1n) is 7.37. The lowest BCUT2D eigenvalue weighted by molar-refractivity contribution is 0.0600. The number of carbonyl (C=O) groups excluding carboxylic acids is 2. The second kappa shape index (κ2) is 8.22. The van der Waals surface area contributed by atoms with E-state index in [2.05, 4.69) is 23.9 Å². The number of esters is 1. The van der Waals surface area contributed by atoms with Gasteiger partial charge in [-0.15, -0.1) is 11.8 Å². The molecule has 0 atom stereocenters. The second-order valence-corrected chi connectivity index (χ2v) is 7.33. The first-order valence-corrected chi connectivity index (χ1v) is 8.63. The van der Waals surface area contributed by atoms with E-state index in [0.717, 1.165) is 4.90 Å². The Morgan fingerprint density at radius 3 is 2.54 bits per heavy atom. The predicted molar refractivity (Wildman–Crippen MR) is 98.2 cm³/mol. The molecule has 0 aliphatic heterocycles. The summed E-state index contributed by atoms with van der Waals surface area (Å²) in [6.45, 7) is 4.13. The van der Waals surface area contributed by atoms with Crippen LogP contribution in [0.2, 0.25) is 5.02 Å². The van der Waals surface area contributed by atoms with Crippen molar-refractivity contribution in [1.82, 2.24) is 0 Å². The minimum atomic E-state index is -0.488. The van der Waals surface area contributed by atoms with Crippen LogP contribution in [0.3, 0.4) is 0 Å². The highest BCUT2D eigenvalue weighted by atomic mass is 35.5. The fourth-order valence-electron chi connectivity index (χ4n) is 2.07. The lowest BCUT2D eigenvalue weighted by Crippen LogP contribution is -2.14. The number of halogens is 1. The number of ether oxygens (including phenoxy) is 1. The van der Waals surface area contributed by atoms with Crippen LogP contribution >= 0.6 is 23.4 Å². The third-order valence-corrected chi connectivity index (χ3v) is 4.54. The average Bonchev–Trinajstić information content (AvgIpc) is 2.56. The van der Waals surface area contributed by atoms with Gasteiger partial charge in [-0.05, 0) is 30.3 Å². The van der Waals surface area contributed by atoms with Crippen LogP contribution in [-0.2, 0) is 4.74 Å². The van der Waals surface area contributed by atoms with E-state index >= 15 is 0 Å². The highest BCUT2D eigenvalue weighted by Crippen LogP contribution is 2.29. The number of rotatable bonds is 5. The van der Waals surface area contributed by atoms with Crippen LogP contribution in [0.25, 0.3) is 0 Å². The van der Waals surface area contributed by atoms with Crippen molar-refractivity contribution in [2.24, 2.45) is 0 Å². The highest BCUT2D eigenvalue weighted by molar-refractivity contribution is 8.00. The van der Waals surface area contributed by atoms with Crippen LogP contribution in [0.4, 0.5) is 5.69 Å². The molecule has 6 heteroatoms. The molecule has 4 nitrogen and oxygen atoms in total. The summed E-state index contributed by atoms with van der Waals surface area (Å²) in [5.41, 5.74) is 1.26. The second-order valence-electron chi connectivity index (χ2n) is 5.30. The lowest BCUT2D eigenvalue weighted by Gasteiger charge is -2.13. The Bertz CT molecular complexity index is 762. The standard InChI is InChI=1S/C18H18ClNO3S/c1-11(2)24-16-7-5-4-6-13(16)17(21)20-15-10-12(18(22)23-3)8-9-14(15)19/h4-11H,1-3H3,(H,20,21). The van der Waals surface area contributed by atoms with Crippen molar-refractivity contribution in [2.75, 3.05) is 12.4 Å². The van der Waals surface area contributed by atoms with Crippen LogP contribution < -0.4 is 5.32 Å². The summed E-state index contributed by atoms with van der Waals surface area (Å²) < 4.78 is 4.69. The molecular weight excluding hydrogens is 346 g/mol. The topological polar surface area (TPSA) is 55.4 Å². The number of benzene rings is 2. The molecule has 0 saturated heterocycles. The maximum Gasteiger partial charge on any atom is 0.337 e. The summed E-state index contributed by atoms with van der Waals surface area (Å²) in [4.78, 5) is 25.1. The SMILES string of the molecule is COC(=O)c1ccc(Cl)c(NC(=O)c2ccccc2SC(C)C)c1. The smallest absolute Gasteiger partial charge is 0.337 e. The summed E-state index contributed by atoms with van der Waals surface area (Å²) in [5.74, 6) is -0.763. The van der Waals surface area contributed by atoms with Crippen LogP contribution in [0.5, 0.6) is 0 Å². The maximum absolute atomic E-state index is 12.6. The highest BCUT2D eigenvalue weighted by Gasteiger charge is 2.15. The van der Waals surface area contributed by atoms with Gasteiger partial charge in [0.25, 0.3) is 5.91 Å². The van der Waals surface area contributed by atoms with Gasteiger partial charge in [0.05, 0.1) is 28.9 Å². The van der Waals surface area contributed by atoms with E-state index in [-0.39, 0.29) is 5.91 Å². The summed E-state index contributed by atoms with van der Waals surface area (Å²) in [6.07, 6.45) is 0. The fraction of sp³-hybridized carbons (Fsp3) is 0.222. The van der Waals surface area contributed by atoms with Crippen molar-refractivity contribution < 1.29 is 14.3 Å².